The first-order valence-corrected chi connectivity index (χ1v) is 6.59. The summed E-state index contributed by atoms with van der Waals surface area (Å²) in [6, 6.07) is 0.717. The first-order chi connectivity index (χ1) is 7.61. The summed E-state index contributed by atoms with van der Waals surface area (Å²) in [4.78, 5) is 0. The van der Waals surface area contributed by atoms with Crippen molar-refractivity contribution in [2.24, 2.45) is 5.92 Å². The predicted molar refractivity (Wildman–Crippen MR) is 64.6 cm³/mol. The van der Waals surface area contributed by atoms with Crippen molar-refractivity contribution in [2.75, 3.05) is 19.8 Å². The van der Waals surface area contributed by atoms with E-state index in [0.29, 0.717) is 6.10 Å². The third-order valence-corrected chi connectivity index (χ3v) is 3.64. The number of nitrogens with one attached hydrogen (secondary N) is 1. The normalized spacial score (nSPS) is 33.6. The maximum atomic E-state index is 6.03. The standard InChI is InChI=1S/C13H25NO2/c1-4-5-16-13(2,3)9-15-12-7-11-6-10(12)8-14-11/h10-12,14H,4-9H2,1-3H3/t10-,11-,12+/m0/s1. The Morgan fingerprint density at radius 3 is 2.69 bits per heavy atom. The van der Waals surface area contributed by atoms with Gasteiger partial charge in [-0.3, -0.25) is 0 Å². The van der Waals surface area contributed by atoms with E-state index in [-0.39, 0.29) is 5.60 Å². The highest BCUT2D eigenvalue weighted by Gasteiger charge is 2.40. The third kappa shape index (κ3) is 2.96. The summed E-state index contributed by atoms with van der Waals surface area (Å²) in [6.07, 6.45) is 4.03. The zero-order valence-electron chi connectivity index (χ0n) is 10.8. The molecular formula is C13H25NO2. The van der Waals surface area contributed by atoms with Gasteiger partial charge in [0.1, 0.15) is 0 Å². The van der Waals surface area contributed by atoms with E-state index in [4.69, 9.17) is 9.47 Å². The van der Waals surface area contributed by atoms with E-state index in [2.05, 4.69) is 26.1 Å². The second-order valence-electron chi connectivity index (χ2n) is 5.79. The summed E-state index contributed by atoms with van der Waals surface area (Å²) < 4.78 is 11.8. The van der Waals surface area contributed by atoms with Crippen molar-refractivity contribution in [2.45, 2.75) is 57.8 Å². The van der Waals surface area contributed by atoms with Crippen LogP contribution in [0.25, 0.3) is 0 Å². The average molecular weight is 227 g/mol. The Balaban J connectivity index is 1.70. The Labute approximate surface area is 98.9 Å². The van der Waals surface area contributed by atoms with Gasteiger partial charge in [-0.2, -0.15) is 0 Å². The van der Waals surface area contributed by atoms with Crippen molar-refractivity contribution >= 4 is 0 Å². The minimum Gasteiger partial charge on any atom is -0.375 e. The van der Waals surface area contributed by atoms with Crippen LogP contribution in [-0.4, -0.2) is 37.5 Å². The Hall–Kier alpha value is -0.120. The van der Waals surface area contributed by atoms with Crippen LogP contribution in [0.4, 0.5) is 0 Å². The fraction of sp³-hybridized carbons (Fsp3) is 1.00. The van der Waals surface area contributed by atoms with Gasteiger partial charge in [-0.25, -0.2) is 0 Å². The van der Waals surface area contributed by atoms with Crippen LogP contribution in [0.3, 0.4) is 0 Å². The molecule has 0 aromatic rings. The van der Waals surface area contributed by atoms with Crippen molar-refractivity contribution in [3.63, 3.8) is 0 Å². The van der Waals surface area contributed by atoms with Gasteiger partial charge in [0.2, 0.25) is 0 Å². The van der Waals surface area contributed by atoms with Gasteiger partial charge in [-0.05, 0) is 39.0 Å². The summed E-state index contributed by atoms with van der Waals surface area (Å²) in [5.74, 6) is 0.743. The Bertz CT molecular complexity index is 230. The molecule has 1 N–H and O–H groups in total. The van der Waals surface area contributed by atoms with E-state index in [1.54, 1.807) is 0 Å². The minimum atomic E-state index is -0.134. The molecule has 3 atom stereocenters. The van der Waals surface area contributed by atoms with E-state index >= 15 is 0 Å². The molecule has 0 radical (unpaired) electrons. The molecule has 0 aromatic heterocycles. The van der Waals surface area contributed by atoms with Crippen molar-refractivity contribution < 1.29 is 9.47 Å². The van der Waals surface area contributed by atoms with Crippen molar-refractivity contribution in [1.82, 2.24) is 5.32 Å². The topological polar surface area (TPSA) is 30.5 Å². The van der Waals surface area contributed by atoms with Crippen molar-refractivity contribution in [1.29, 1.82) is 0 Å². The SMILES string of the molecule is CCCOC(C)(C)CO[C@@H]1C[C@@H]2C[C@H]1CN2. The molecule has 0 spiro atoms. The molecule has 1 saturated heterocycles. The van der Waals surface area contributed by atoms with Gasteiger partial charge in [0.25, 0.3) is 0 Å². The number of fused-ring (bicyclic) bond motifs is 2. The molecular weight excluding hydrogens is 202 g/mol. The van der Waals surface area contributed by atoms with E-state index < -0.39 is 0 Å². The molecule has 0 unspecified atom stereocenters. The summed E-state index contributed by atoms with van der Waals surface area (Å²) in [6.45, 7) is 9.07. The second kappa shape index (κ2) is 5.03. The molecule has 2 aliphatic rings. The maximum absolute atomic E-state index is 6.03. The van der Waals surface area contributed by atoms with E-state index in [0.717, 1.165) is 38.1 Å². The molecule has 1 aliphatic carbocycles. The molecule has 3 nitrogen and oxygen atoms in total. The molecule has 0 amide bonds. The zero-order chi connectivity index (χ0) is 11.6. The molecule has 1 saturated carbocycles. The van der Waals surface area contributed by atoms with Gasteiger partial charge in [0.05, 0.1) is 18.3 Å². The fourth-order valence-corrected chi connectivity index (χ4v) is 2.72. The summed E-state index contributed by atoms with van der Waals surface area (Å²) in [5.41, 5.74) is -0.134. The third-order valence-electron chi connectivity index (χ3n) is 3.64. The Kier molecular flexibility index (Phi) is 3.88. The van der Waals surface area contributed by atoms with Crippen LogP contribution in [0.2, 0.25) is 0 Å². The monoisotopic (exact) mass is 227 g/mol. The summed E-state index contributed by atoms with van der Waals surface area (Å²) in [5, 5.41) is 3.51. The van der Waals surface area contributed by atoms with Crippen LogP contribution in [0.15, 0.2) is 0 Å². The lowest BCUT2D eigenvalue weighted by Gasteiger charge is -2.29. The highest BCUT2D eigenvalue weighted by atomic mass is 16.5. The second-order valence-corrected chi connectivity index (χ2v) is 5.79. The smallest absolute Gasteiger partial charge is 0.0859 e. The lowest BCUT2D eigenvalue weighted by atomic mass is 10.1. The molecule has 94 valence electrons. The van der Waals surface area contributed by atoms with Gasteiger partial charge in [-0.1, -0.05) is 6.92 Å². The fourth-order valence-electron chi connectivity index (χ4n) is 2.72. The highest BCUT2D eigenvalue weighted by molar-refractivity contribution is 4.96. The molecule has 2 rings (SSSR count). The van der Waals surface area contributed by atoms with Gasteiger partial charge in [0, 0.05) is 19.2 Å². The zero-order valence-corrected chi connectivity index (χ0v) is 10.8. The first-order valence-electron chi connectivity index (χ1n) is 6.59. The Morgan fingerprint density at radius 2 is 2.12 bits per heavy atom. The van der Waals surface area contributed by atoms with Crippen LogP contribution in [-0.2, 0) is 9.47 Å². The molecule has 1 aliphatic heterocycles. The molecule has 1 heterocycles. The summed E-state index contributed by atoms with van der Waals surface area (Å²) in [7, 11) is 0. The van der Waals surface area contributed by atoms with E-state index in [1.807, 2.05) is 0 Å². The number of rotatable bonds is 6. The molecule has 0 aromatic carbocycles. The van der Waals surface area contributed by atoms with Crippen LogP contribution < -0.4 is 5.32 Å². The van der Waals surface area contributed by atoms with Crippen molar-refractivity contribution in [3.05, 3.63) is 0 Å². The lowest BCUT2D eigenvalue weighted by Crippen LogP contribution is -2.38. The molecule has 16 heavy (non-hydrogen) atoms. The highest BCUT2D eigenvalue weighted by Crippen LogP contribution is 2.33. The van der Waals surface area contributed by atoms with Crippen LogP contribution >= 0.6 is 0 Å². The number of ether oxygens (including phenoxy) is 2. The Morgan fingerprint density at radius 1 is 1.31 bits per heavy atom. The molecule has 3 heteroatoms. The quantitative estimate of drug-likeness (QED) is 0.752. The van der Waals surface area contributed by atoms with Crippen LogP contribution in [0.1, 0.15) is 40.0 Å². The maximum Gasteiger partial charge on any atom is 0.0859 e. The van der Waals surface area contributed by atoms with Gasteiger partial charge >= 0.3 is 0 Å². The number of hydrogen-bond donors (Lipinski definition) is 1. The van der Waals surface area contributed by atoms with E-state index in [9.17, 15) is 0 Å². The van der Waals surface area contributed by atoms with Gasteiger partial charge < -0.3 is 14.8 Å². The predicted octanol–water partition coefficient (Wildman–Crippen LogP) is 1.96. The van der Waals surface area contributed by atoms with E-state index in [1.165, 1.54) is 12.8 Å². The molecule has 2 bridgehead atoms. The average Bonchev–Trinajstić information content (AvgIpc) is 2.85. The van der Waals surface area contributed by atoms with Gasteiger partial charge in [0.15, 0.2) is 0 Å². The minimum absolute atomic E-state index is 0.134. The number of piperidine rings is 1. The van der Waals surface area contributed by atoms with Gasteiger partial charge in [-0.15, -0.1) is 0 Å². The van der Waals surface area contributed by atoms with Crippen molar-refractivity contribution in [3.8, 4) is 0 Å². The van der Waals surface area contributed by atoms with Crippen LogP contribution in [0, 0.1) is 5.92 Å². The largest absolute Gasteiger partial charge is 0.375 e. The van der Waals surface area contributed by atoms with Crippen LogP contribution in [0.5, 0.6) is 0 Å². The summed E-state index contributed by atoms with van der Waals surface area (Å²) >= 11 is 0. The lowest BCUT2D eigenvalue weighted by molar-refractivity contribution is -0.102. The first kappa shape index (κ1) is 12.3. The molecule has 2 fully saturated rings. The number of hydrogen-bond acceptors (Lipinski definition) is 3.